The van der Waals surface area contributed by atoms with Crippen molar-refractivity contribution >= 4 is 58.9 Å². The number of tetrazole rings is 1. The molecular weight excluding hydrogens is 440 g/mol. The van der Waals surface area contributed by atoms with Crippen LogP contribution in [0.25, 0.3) is 0 Å². The molecule has 1 aromatic rings. The van der Waals surface area contributed by atoms with Crippen LogP contribution >= 0.6 is 35.3 Å². The van der Waals surface area contributed by atoms with Crippen LogP contribution in [0.2, 0.25) is 0 Å². The summed E-state index contributed by atoms with van der Waals surface area (Å²) in [4.78, 5) is 49.2. The third-order valence-corrected chi connectivity index (χ3v) is 7.23. The molecule has 1 fully saturated rings. The van der Waals surface area contributed by atoms with Crippen molar-refractivity contribution in [1.29, 1.82) is 0 Å². The molecule has 3 rings (SSSR count). The highest BCUT2D eigenvalue weighted by Gasteiger charge is 2.54. The number of carbonyl (C=O) groups excluding carboxylic acids is 3. The quantitative estimate of drug-likeness (QED) is 0.277. The largest absolute Gasteiger partial charge is 0.477 e. The fourth-order valence-electron chi connectivity index (χ4n) is 2.91. The zero-order valence-electron chi connectivity index (χ0n) is 15.5. The highest BCUT2D eigenvalue weighted by molar-refractivity contribution is 8.01. The lowest BCUT2D eigenvalue weighted by molar-refractivity contribution is -0.150. The summed E-state index contributed by atoms with van der Waals surface area (Å²) in [5.74, 6) is -1.50. The van der Waals surface area contributed by atoms with Crippen molar-refractivity contribution in [3.8, 4) is 0 Å². The molecule has 1 aromatic heterocycles. The first-order valence-corrected chi connectivity index (χ1v) is 11.8. The summed E-state index contributed by atoms with van der Waals surface area (Å²) < 4.78 is 1.48. The number of ketones is 1. The van der Waals surface area contributed by atoms with Crippen LogP contribution < -0.4 is 5.32 Å². The summed E-state index contributed by atoms with van der Waals surface area (Å²) in [5, 5.41) is 23.3. The van der Waals surface area contributed by atoms with E-state index >= 15 is 0 Å². The molecule has 2 N–H and O–H groups in total. The fourth-order valence-corrected chi connectivity index (χ4v) is 5.66. The van der Waals surface area contributed by atoms with E-state index in [0.717, 1.165) is 0 Å². The number of hydrogen-bond acceptors (Lipinski definition) is 10. The minimum absolute atomic E-state index is 0.0645. The van der Waals surface area contributed by atoms with Gasteiger partial charge in [-0.2, -0.15) is 11.8 Å². The Morgan fingerprint density at radius 2 is 2.14 bits per heavy atom. The van der Waals surface area contributed by atoms with Crippen LogP contribution in [0.1, 0.15) is 6.42 Å². The number of β-lactam (4-membered cyclic amide) rings is 1. The van der Waals surface area contributed by atoms with Gasteiger partial charge in [0.1, 0.15) is 17.1 Å². The van der Waals surface area contributed by atoms with E-state index in [1.165, 1.54) is 44.9 Å². The Kier molecular flexibility index (Phi) is 6.85. The molecular formula is C15H18N6O5S3. The van der Waals surface area contributed by atoms with E-state index in [9.17, 15) is 24.3 Å². The second-order valence-electron chi connectivity index (χ2n) is 6.23. The van der Waals surface area contributed by atoms with Gasteiger partial charge in [-0.05, 0) is 22.3 Å². The van der Waals surface area contributed by atoms with E-state index in [4.69, 9.17) is 0 Å². The third kappa shape index (κ3) is 4.59. The highest BCUT2D eigenvalue weighted by Crippen LogP contribution is 2.41. The van der Waals surface area contributed by atoms with Crippen LogP contribution in [-0.2, 0) is 26.2 Å². The molecule has 0 radical (unpaired) electrons. The number of fused-ring (bicyclic) bond motifs is 1. The number of Topliss-reactive ketones (excluding diaryl/α,β-unsaturated/α-hetero) is 1. The fraction of sp³-hybridized carbons (Fsp3) is 0.533. The van der Waals surface area contributed by atoms with E-state index in [2.05, 4.69) is 20.8 Å². The van der Waals surface area contributed by atoms with E-state index in [1.54, 1.807) is 13.3 Å². The number of aryl methyl sites for hydroxylation is 1. The zero-order valence-corrected chi connectivity index (χ0v) is 18.0. The van der Waals surface area contributed by atoms with E-state index in [0.29, 0.717) is 22.2 Å². The number of rotatable bonds is 9. The first kappa shape index (κ1) is 21.6. The first-order valence-electron chi connectivity index (χ1n) is 8.38. The van der Waals surface area contributed by atoms with Gasteiger partial charge in [-0.3, -0.25) is 19.3 Å². The van der Waals surface area contributed by atoms with Gasteiger partial charge in [0, 0.05) is 18.6 Å². The Balaban J connectivity index is 1.67. The highest BCUT2D eigenvalue weighted by atomic mass is 32.2. The molecule has 3 heterocycles. The summed E-state index contributed by atoms with van der Waals surface area (Å²) in [6.07, 6.45) is 1.47. The molecule has 14 heteroatoms. The zero-order chi connectivity index (χ0) is 21.1. The number of carboxylic acid groups (broad SMARTS) is 1. The standard InChI is InChI=1S/C15H18N6O5S3/c1-20-15(17-18-19-20)29-5-7-4-28-13-10(12(24)21(13)11(7)14(25)26)16-9(23)3-8(22)6-27-2/h10,13H,3-6H2,1-2H3,(H,16,23)(H,25,26)/t10-,13-/m1/s1. The molecule has 2 aliphatic heterocycles. The summed E-state index contributed by atoms with van der Waals surface area (Å²) in [5.41, 5.74) is 0.519. The van der Waals surface area contributed by atoms with E-state index in [1.807, 2.05) is 0 Å². The summed E-state index contributed by atoms with van der Waals surface area (Å²) in [6.45, 7) is 0. The predicted molar refractivity (Wildman–Crippen MR) is 107 cm³/mol. The van der Waals surface area contributed by atoms with Gasteiger partial charge < -0.3 is 10.4 Å². The molecule has 0 spiro atoms. The Morgan fingerprint density at radius 3 is 2.76 bits per heavy atom. The smallest absolute Gasteiger partial charge is 0.352 e. The maximum Gasteiger partial charge on any atom is 0.352 e. The number of nitrogens with zero attached hydrogens (tertiary/aromatic N) is 5. The van der Waals surface area contributed by atoms with Crippen LogP contribution in [0.15, 0.2) is 16.4 Å². The van der Waals surface area contributed by atoms with Gasteiger partial charge >= 0.3 is 5.97 Å². The van der Waals surface area contributed by atoms with Crippen molar-refractivity contribution in [3.63, 3.8) is 0 Å². The topological polar surface area (TPSA) is 147 Å². The lowest BCUT2D eigenvalue weighted by atomic mass is 10.0. The second kappa shape index (κ2) is 9.17. The Morgan fingerprint density at radius 1 is 1.38 bits per heavy atom. The lowest BCUT2D eigenvalue weighted by Crippen LogP contribution is -2.70. The van der Waals surface area contributed by atoms with Crippen molar-refractivity contribution in [2.24, 2.45) is 7.05 Å². The number of nitrogens with one attached hydrogen (secondary N) is 1. The Labute approximate surface area is 178 Å². The molecule has 11 nitrogen and oxygen atoms in total. The minimum atomic E-state index is -1.20. The van der Waals surface area contributed by atoms with Crippen molar-refractivity contribution < 1.29 is 24.3 Å². The molecule has 0 bridgehead atoms. The van der Waals surface area contributed by atoms with Crippen LogP contribution in [0.5, 0.6) is 0 Å². The molecule has 0 saturated carbocycles. The van der Waals surface area contributed by atoms with Crippen LogP contribution in [0.4, 0.5) is 0 Å². The monoisotopic (exact) mass is 458 g/mol. The summed E-state index contributed by atoms with van der Waals surface area (Å²) in [7, 11) is 1.68. The average Bonchev–Trinajstić information content (AvgIpc) is 3.08. The normalized spacial score (nSPS) is 20.9. The Bertz CT molecular complexity index is 888. The van der Waals surface area contributed by atoms with Crippen molar-refractivity contribution in [3.05, 3.63) is 11.3 Å². The van der Waals surface area contributed by atoms with Gasteiger partial charge in [-0.1, -0.05) is 11.8 Å². The van der Waals surface area contributed by atoms with Crippen LogP contribution in [0.3, 0.4) is 0 Å². The van der Waals surface area contributed by atoms with Gasteiger partial charge in [-0.15, -0.1) is 16.9 Å². The summed E-state index contributed by atoms with van der Waals surface area (Å²) in [6, 6.07) is -0.832. The van der Waals surface area contributed by atoms with Crippen LogP contribution in [-0.4, -0.2) is 88.7 Å². The van der Waals surface area contributed by atoms with Crippen molar-refractivity contribution in [1.82, 2.24) is 30.4 Å². The van der Waals surface area contributed by atoms with Gasteiger partial charge in [0.2, 0.25) is 11.1 Å². The molecule has 2 amide bonds. The SMILES string of the molecule is CSCC(=O)CC(=O)N[C@@H]1C(=O)N2C(C(=O)O)=C(CSc3nnnn3C)CS[C@H]12. The van der Waals surface area contributed by atoms with Gasteiger partial charge in [0.05, 0.1) is 12.2 Å². The van der Waals surface area contributed by atoms with Crippen molar-refractivity contribution in [2.45, 2.75) is 23.0 Å². The molecule has 2 atom stereocenters. The second-order valence-corrected chi connectivity index (χ2v) is 9.15. The Hall–Kier alpha value is -2.06. The average molecular weight is 459 g/mol. The number of amides is 2. The molecule has 29 heavy (non-hydrogen) atoms. The number of hydrogen-bond donors (Lipinski definition) is 2. The maximum absolute atomic E-state index is 12.6. The van der Waals surface area contributed by atoms with Gasteiger partial charge in [0.15, 0.2) is 5.78 Å². The number of aliphatic carboxylic acids is 1. The minimum Gasteiger partial charge on any atom is -0.477 e. The molecule has 0 aliphatic carbocycles. The van der Waals surface area contributed by atoms with E-state index in [-0.39, 0.29) is 23.7 Å². The lowest BCUT2D eigenvalue weighted by Gasteiger charge is -2.49. The summed E-state index contributed by atoms with van der Waals surface area (Å²) >= 11 is 3.97. The molecule has 0 aromatic carbocycles. The number of carboxylic acids is 1. The maximum atomic E-state index is 12.6. The molecule has 1 saturated heterocycles. The van der Waals surface area contributed by atoms with Gasteiger partial charge in [-0.25, -0.2) is 9.48 Å². The molecule has 156 valence electrons. The molecule has 0 unspecified atom stereocenters. The molecule has 2 aliphatic rings. The number of aromatic nitrogens is 4. The van der Waals surface area contributed by atoms with Crippen molar-refractivity contribution in [2.75, 3.05) is 23.5 Å². The number of carbonyl (C=O) groups is 4. The van der Waals surface area contributed by atoms with E-state index < -0.39 is 29.2 Å². The first-order chi connectivity index (χ1) is 13.8. The third-order valence-electron chi connectivity index (χ3n) is 4.19. The number of thioether (sulfide) groups is 3. The van der Waals surface area contributed by atoms with Crippen LogP contribution in [0, 0.1) is 0 Å². The van der Waals surface area contributed by atoms with Gasteiger partial charge in [0.25, 0.3) is 5.91 Å². The predicted octanol–water partition coefficient (Wildman–Crippen LogP) is -0.637.